The highest BCUT2D eigenvalue weighted by molar-refractivity contribution is 9.10. The van der Waals surface area contributed by atoms with Gasteiger partial charge in [0.05, 0.1) is 29.3 Å². The summed E-state index contributed by atoms with van der Waals surface area (Å²) in [6, 6.07) is 8.58. The number of amides is 1. The predicted molar refractivity (Wildman–Crippen MR) is 111 cm³/mol. The highest BCUT2D eigenvalue weighted by Gasteiger charge is 2.28. The smallest absolute Gasteiger partial charge is 0.260 e. The van der Waals surface area contributed by atoms with Crippen molar-refractivity contribution in [1.29, 1.82) is 0 Å². The van der Waals surface area contributed by atoms with Crippen LogP contribution in [0.25, 0.3) is 6.08 Å². The second kappa shape index (κ2) is 8.33. The zero-order chi connectivity index (χ0) is 19.6. The standard InChI is InChI=1S/C18H16BrClN2O4S/c1-25-13-4-3-10(20)8-12(13)21-18-22-17(24)15(27-18)7-9-5-11(19)16(23)14(6-9)26-2/h3-8,18,21,23H,1-2H3,(H,22,24)/b15-7-. The number of phenols is 1. The zero-order valence-electron chi connectivity index (χ0n) is 14.4. The Kier molecular flexibility index (Phi) is 6.08. The van der Waals surface area contributed by atoms with Crippen molar-refractivity contribution >= 4 is 57.0 Å². The SMILES string of the molecule is COc1ccc(Cl)cc1NC1NC(=O)/C(=C/c2cc(Br)c(O)c(OC)c2)S1. The van der Waals surface area contributed by atoms with E-state index >= 15 is 0 Å². The molecular weight excluding hydrogens is 456 g/mol. The van der Waals surface area contributed by atoms with Gasteiger partial charge in [-0.2, -0.15) is 0 Å². The van der Waals surface area contributed by atoms with Crippen LogP contribution in [0.5, 0.6) is 17.2 Å². The number of nitrogens with one attached hydrogen (secondary N) is 2. The largest absolute Gasteiger partial charge is 0.503 e. The van der Waals surface area contributed by atoms with Crippen molar-refractivity contribution in [2.75, 3.05) is 19.5 Å². The van der Waals surface area contributed by atoms with E-state index in [2.05, 4.69) is 26.6 Å². The Morgan fingerprint density at radius 2 is 2.00 bits per heavy atom. The van der Waals surface area contributed by atoms with Gasteiger partial charge in [-0.05, 0) is 57.9 Å². The van der Waals surface area contributed by atoms with Crippen LogP contribution < -0.4 is 20.1 Å². The third-order valence-electron chi connectivity index (χ3n) is 3.75. The average Bonchev–Trinajstić information content (AvgIpc) is 2.97. The van der Waals surface area contributed by atoms with Crippen molar-refractivity contribution in [2.24, 2.45) is 0 Å². The fourth-order valence-corrected chi connectivity index (χ4v) is 4.09. The molecule has 1 amide bonds. The third kappa shape index (κ3) is 4.45. The number of carbonyl (C=O) groups excluding carboxylic acids is 1. The Labute approximate surface area is 174 Å². The Hall–Kier alpha value is -2.03. The Morgan fingerprint density at radius 1 is 1.26 bits per heavy atom. The normalized spacial score (nSPS) is 17.7. The lowest BCUT2D eigenvalue weighted by atomic mass is 10.2. The van der Waals surface area contributed by atoms with Gasteiger partial charge >= 0.3 is 0 Å². The molecule has 1 heterocycles. The minimum atomic E-state index is -0.376. The number of aromatic hydroxyl groups is 1. The van der Waals surface area contributed by atoms with Crippen LogP contribution >= 0.6 is 39.3 Å². The zero-order valence-corrected chi connectivity index (χ0v) is 17.5. The molecule has 1 aliphatic heterocycles. The van der Waals surface area contributed by atoms with Gasteiger partial charge < -0.3 is 25.2 Å². The number of ether oxygens (including phenoxy) is 2. The van der Waals surface area contributed by atoms with Crippen molar-refractivity contribution in [3.8, 4) is 17.2 Å². The van der Waals surface area contributed by atoms with Crippen LogP contribution in [0.15, 0.2) is 39.7 Å². The molecule has 2 aromatic carbocycles. The van der Waals surface area contributed by atoms with Crippen molar-refractivity contribution in [3.05, 3.63) is 50.3 Å². The molecule has 2 aromatic rings. The Morgan fingerprint density at radius 3 is 2.70 bits per heavy atom. The second-order valence-electron chi connectivity index (χ2n) is 5.52. The number of benzene rings is 2. The monoisotopic (exact) mass is 470 g/mol. The van der Waals surface area contributed by atoms with E-state index in [1.54, 1.807) is 43.5 Å². The summed E-state index contributed by atoms with van der Waals surface area (Å²) in [5.74, 6) is 0.745. The topological polar surface area (TPSA) is 79.8 Å². The summed E-state index contributed by atoms with van der Waals surface area (Å²) in [5.41, 5.74) is 1.02. The number of anilines is 1. The molecule has 3 rings (SSSR count). The molecule has 1 unspecified atom stereocenters. The van der Waals surface area contributed by atoms with Gasteiger partial charge in [-0.3, -0.25) is 4.79 Å². The van der Waals surface area contributed by atoms with E-state index in [1.807, 2.05) is 0 Å². The van der Waals surface area contributed by atoms with Crippen LogP contribution in [-0.4, -0.2) is 30.7 Å². The van der Waals surface area contributed by atoms with Gasteiger partial charge in [-0.15, -0.1) is 0 Å². The summed E-state index contributed by atoms with van der Waals surface area (Å²) < 4.78 is 10.9. The summed E-state index contributed by atoms with van der Waals surface area (Å²) in [6.07, 6.45) is 1.73. The fourth-order valence-electron chi connectivity index (χ4n) is 2.48. The maximum absolute atomic E-state index is 12.3. The highest BCUT2D eigenvalue weighted by atomic mass is 79.9. The first kappa shape index (κ1) is 19.7. The molecule has 142 valence electrons. The first-order valence-electron chi connectivity index (χ1n) is 7.77. The maximum Gasteiger partial charge on any atom is 0.260 e. The number of thioether (sulfide) groups is 1. The number of hydrogen-bond donors (Lipinski definition) is 3. The first-order valence-corrected chi connectivity index (χ1v) is 9.82. The number of methoxy groups -OCH3 is 2. The summed E-state index contributed by atoms with van der Waals surface area (Å²) >= 11 is 10.6. The minimum absolute atomic E-state index is 0.00997. The van der Waals surface area contributed by atoms with Gasteiger partial charge in [0.1, 0.15) is 5.75 Å². The van der Waals surface area contributed by atoms with Crippen LogP contribution in [-0.2, 0) is 4.79 Å². The summed E-state index contributed by atoms with van der Waals surface area (Å²) in [5, 5.41) is 16.5. The van der Waals surface area contributed by atoms with Gasteiger partial charge in [0, 0.05) is 5.02 Å². The molecule has 0 saturated carbocycles. The lowest BCUT2D eigenvalue weighted by Gasteiger charge is -2.15. The van der Waals surface area contributed by atoms with E-state index in [9.17, 15) is 9.90 Å². The van der Waals surface area contributed by atoms with Crippen LogP contribution in [0, 0.1) is 0 Å². The molecule has 0 radical (unpaired) electrons. The molecule has 6 nitrogen and oxygen atoms in total. The predicted octanol–water partition coefficient (Wildman–Crippen LogP) is 4.42. The molecule has 0 aliphatic carbocycles. The number of carbonyl (C=O) groups is 1. The molecule has 3 N–H and O–H groups in total. The molecule has 1 saturated heterocycles. The number of phenolic OH excluding ortho intramolecular Hbond substituents is 1. The quantitative estimate of drug-likeness (QED) is 0.560. The number of rotatable bonds is 5. The molecule has 1 fully saturated rings. The van der Waals surface area contributed by atoms with Crippen LogP contribution in [0.4, 0.5) is 5.69 Å². The third-order valence-corrected chi connectivity index (χ3v) is 5.62. The molecule has 0 spiro atoms. The van der Waals surface area contributed by atoms with E-state index in [1.165, 1.54) is 18.9 Å². The molecule has 0 bridgehead atoms. The van der Waals surface area contributed by atoms with Crippen molar-refractivity contribution in [2.45, 2.75) is 5.50 Å². The summed E-state index contributed by atoms with van der Waals surface area (Å²) in [6.45, 7) is 0. The molecule has 1 aliphatic rings. The fraction of sp³-hybridized carbons (Fsp3) is 0.167. The van der Waals surface area contributed by atoms with Crippen molar-refractivity contribution in [3.63, 3.8) is 0 Å². The van der Waals surface area contributed by atoms with E-state index in [0.717, 1.165) is 5.56 Å². The number of halogens is 2. The van der Waals surface area contributed by atoms with Crippen molar-refractivity contribution < 1.29 is 19.4 Å². The van der Waals surface area contributed by atoms with Crippen LogP contribution in [0.3, 0.4) is 0 Å². The minimum Gasteiger partial charge on any atom is -0.503 e. The van der Waals surface area contributed by atoms with Crippen molar-refractivity contribution in [1.82, 2.24) is 5.32 Å². The first-order chi connectivity index (χ1) is 12.9. The molecule has 1 atom stereocenters. The molecular formula is C18H16BrClN2O4S. The van der Waals surface area contributed by atoms with E-state index in [-0.39, 0.29) is 17.2 Å². The van der Waals surface area contributed by atoms with Gasteiger partial charge in [0.25, 0.3) is 5.91 Å². The second-order valence-corrected chi connectivity index (χ2v) is 7.96. The highest BCUT2D eigenvalue weighted by Crippen LogP contribution is 2.38. The van der Waals surface area contributed by atoms with E-state index in [4.69, 9.17) is 21.1 Å². The van der Waals surface area contributed by atoms with E-state index in [0.29, 0.717) is 31.6 Å². The van der Waals surface area contributed by atoms with Gasteiger partial charge in [0.2, 0.25) is 0 Å². The van der Waals surface area contributed by atoms with Gasteiger partial charge in [0.15, 0.2) is 17.0 Å². The van der Waals surface area contributed by atoms with Gasteiger partial charge in [-0.1, -0.05) is 23.4 Å². The number of hydrogen-bond acceptors (Lipinski definition) is 6. The van der Waals surface area contributed by atoms with Gasteiger partial charge in [-0.25, -0.2) is 0 Å². The maximum atomic E-state index is 12.3. The molecule has 0 aromatic heterocycles. The molecule has 9 heteroatoms. The molecule has 27 heavy (non-hydrogen) atoms. The van der Waals surface area contributed by atoms with E-state index < -0.39 is 0 Å². The lowest BCUT2D eigenvalue weighted by Crippen LogP contribution is -2.31. The summed E-state index contributed by atoms with van der Waals surface area (Å²) in [7, 11) is 3.03. The summed E-state index contributed by atoms with van der Waals surface area (Å²) in [4.78, 5) is 12.8. The lowest BCUT2D eigenvalue weighted by molar-refractivity contribution is -0.116. The Bertz CT molecular complexity index is 922. The van der Waals surface area contributed by atoms with Crippen LogP contribution in [0.2, 0.25) is 5.02 Å². The Balaban J connectivity index is 1.81. The van der Waals surface area contributed by atoms with Crippen LogP contribution in [0.1, 0.15) is 5.56 Å². The average molecular weight is 472 g/mol.